The molecule has 1 aliphatic heterocycles. The number of benzene rings is 2. The summed E-state index contributed by atoms with van der Waals surface area (Å²) < 4.78 is 34.4. The first-order valence-corrected chi connectivity index (χ1v) is 14.9. The molecular weight excluding hydrogens is 562 g/mol. The molecule has 0 unspecified atom stereocenters. The molecule has 0 radical (unpaired) electrons. The molecular formula is C27H34ClN3O8S. The second kappa shape index (κ2) is 13.1. The second-order valence-electron chi connectivity index (χ2n) is 10.1. The Hall–Kier alpha value is -2.31. The molecule has 6 N–H and O–H groups in total. The summed E-state index contributed by atoms with van der Waals surface area (Å²) in [6, 6.07) is 7.55. The van der Waals surface area contributed by atoms with Gasteiger partial charge in [0.2, 0.25) is 10.0 Å². The Kier molecular flexibility index (Phi) is 10.0. The minimum absolute atomic E-state index is 0.00755. The number of fused-ring (bicyclic) bond motifs is 1. The van der Waals surface area contributed by atoms with Gasteiger partial charge in [0.25, 0.3) is 0 Å². The Balaban J connectivity index is 1.55. The van der Waals surface area contributed by atoms with Gasteiger partial charge in [-0.2, -0.15) is 0 Å². The van der Waals surface area contributed by atoms with Gasteiger partial charge in [-0.3, -0.25) is 4.90 Å². The Morgan fingerprint density at radius 1 is 1.05 bits per heavy atom. The Morgan fingerprint density at radius 3 is 2.33 bits per heavy atom. The van der Waals surface area contributed by atoms with E-state index in [0.29, 0.717) is 22.9 Å². The fraction of sp³-hybridized carbons (Fsp3) is 0.519. The highest BCUT2D eigenvalue weighted by atomic mass is 35.5. The van der Waals surface area contributed by atoms with Crippen LogP contribution >= 0.6 is 11.6 Å². The summed E-state index contributed by atoms with van der Waals surface area (Å²) >= 11 is 6.34. The van der Waals surface area contributed by atoms with E-state index in [1.807, 2.05) is 6.07 Å². The Morgan fingerprint density at radius 2 is 1.73 bits per heavy atom. The van der Waals surface area contributed by atoms with Crippen LogP contribution in [0.15, 0.2) is 41.3 Å². The minimum atomic E-state index is -4.26. The molecule has 13 heteroatoms. The number of ether oxygens (including phenoxy) is 1. The van der Waals surface area contributed by atoms with Crippen LogP contribution in [0.4, 0.5) is 5.69 Å². The molecule has 11 nitrogen and oxygen atoms in total. The van der Waals surface area contributed by atoms with Gasteiger partial charge in [-0.15, -0.1) is 0 Å². The number of aliphatic hydroxyl groups excluding tert-OH is 5. The van der Waals surface area contributed by atoms with Crippen LogP contribution < -0.4 is 9.46 Å². The first-order valence-electron chi connectivity index (χ1n) is 13.1. The lowest BCUT2D eigenvalue weighted by atomic mass is 10.0. The third-order valence-electron chi connectivity index (χ3n) is 7.52. The van der Waals surface area contributed by atoms with Crippen molar-refractivity contribution in [1.29, 1.82) is 0 Å². The SMILES string of the molecule is [C-]#[N+]c1cc(Cl)cc2c1C[C@H](N1CCCCC1)[C@H]2Oc1ccc(S(=O)(=O)N[C@@H](CO)[C@@H](O)[C@H](O)[C@H](O)CO)cc1. The summed E-state index contributed by atoms with van der Waals surface area (Å²) in [4.78, 5) is 5.87. The van der Waals surface area contributed by atoms with Crippen molar-refractivity contribution in [3.8, 4) is 5.75 Å². The maximum atomic E-state index is 12.9. The zero-order valence-electron chi connectivity index (χ0n) is 21.7. The third kappa shape index (κ3) is 6.60. The molecule has 2 aromatic carbocycles. The van der Waals surface area contributed by atoms with Crippen molar-refractivity contribution in [2.24, 2.45) is 0 Å². The van der Waals surface area contributed by atoms with Gasteiger partial charge in [-0.1, -0.05) is 18.0 Å². The van der Waals surface area contributed by atoms with Gasteiger partial charge >= 0.3 is 0 Å². The monoisotopic (exact) mass is 595 g/mol. The summed E-state index contributed by atoms with van der Waals surface area (Å²) in [5, 5.41) is 48.7. The van der Waals surface area contributed by atoms with Crippen LogP contribution in [0.2, 0.25) is 5.02 Å². The van der Waals surface area contributed by atoms with Crippen LogP contribution in [0.3, 0.4) is 0 Å². The van der Waals surface area contributed by atoms with E-state index in [0.717, 1.165) is 37.1 Å². The molecule has 4 rings (SSSR count). The van der Waals surface area contributed by atoms with E-state index in [4.69, 9.17) is 28.0 Å². The normalized spacial score (nSPS) is 22.6. The number of halogens is 1. The summed E-state index contributed by atoms with van der Waals surface area (Å²) in [5.41, 5.74) is 2.25. The molecule has 0 amide bonds. The molecule has 6 atom stereocenters. The maximum Gasteiger partial charge on any atom is 0.240 e. The van der Waals surface area contributed by atoms with Crippen LogP contribution in [0.1, 0.15) is 36.5 Å². The van der Waals surface area contributed by atoms with Gasteiger partial charge in [-0.25, -0.2) is 18.0 Å². The number of likely N-dealkylation sites (tertiary alicyclic amines) is 1. The van der Waals surface area contributed by atoms with Crippen LogP contribution in [-0.4, -0.2) is 95.5 Å². The van der Waals surface area contributed by atoms with Crippen molar-refractivity contribution in [1.82, 2.24) is 9.62 Å². The van der Waals surface area contributed by atoms with E-state index in [1.54, 1.807) is 6.07 Å². The van der Waals surface area contributed by atoms with Crippen LogP contribution in [0, 0.1) is 6.57 Å². The first-order chi connectivity index (χ1) is 19.1. The number of nitrogens with zero attached hydrogens (tertiary/aromatic N) is 2. The molecule has 2 aliphatic rings. The molecule has 0 aromatic heterocycles. The predicted octanol–water partition coefficient (Wildman–Crippen LogP) is 1.14. The van der Waals surface area contributed by atoms with Crippen LogP contribution in [-0.2, 0) is 16.4 Å². The van der Waals surface area contributed by atoms with Crippen molar-refractivity contribution in [2.75, 3.05) is 26.3 Å². The van der Waals surface area contributed by atoms with Gasteiger partial charge in [-0.05, 0) is 79.9 Å². The van der Waals surface area contributed by atoms with Crippen molar-refractivity contribution in [2.45, 2.75) is 67.1 Å². The molecule has 1 fully saturated rings. The molecule has 0 saturated carbocycles. The van der Waals surface area contributed by atoms with Gasteiger partial charge in [0.1, 0.15) is 30.2 Å². The summed E-state index contributed by atoms with van der Waals surface area (Å²) in [6.07, 6.45) is -1.94. The van der Waals surface area contributed by atoms with Crippen molar-refractivity contribution in [3.05, 3.63) is 64.0 Å². The Bertz CT molecular complexity index is 1310. The quantitative estimate of drug-likeness (QED) is 0.209. The minimum Gasteiger partial charge on any atom is -0.484 e. The number of nitrogens with one attached hydrogen (secondary N) is 1. The maximum absolute atomic E-state index is 12.9. The number of aliphatic hydroxyl groups is 5. The number of rotatable bonds is 11. The Labute approximate surface area is 238 Å². The van der Waals surface area contributed by atoms with Crippen LogP contribution in [0.25, 0.3) is 4.85 Å². The topological polar surface area (TPSA) is 164 Å². The lowest BCUT2D eigenvalue weighted by Gasteiger charge is -2.36. The highest BCUT2D eigenvalue weighted by molar-refractivity contribution is 7.89. The van der Waals surface area contributed by atoms with E-state index < -0.39 is 53.7 Å². The lowest BCUT2D eigenvalue weighted by Crippen LogP contribution is -2.54. The molecule has 0 bridgehead atoms. The third-order valence-corrected chi connectivity index (χ3v) is 9.24. The van der Waals surface area contributed by atoms with Crippen molar-refractivity contribution >= 4 is 27.3 Å². The standard InChI is InChI=1S/C27H34ClN3O8S/c1-29-21-12-16(28)11-20-19(21)13-23(31-9-3-2-4-10-31)27(20)39-17-5-7-18(8-6-17)40(37,38)30-22(14-32)25(35)26(36)24(34)15-33/h5-8,11-12,22-27,30,32-36H,2-4,9-10,13-15H2/t22-,23-,24+,25+,26+,27-/m0/s1. The van der Waals surface area contributed by atoms with Gasteiger partial charge in [0, 0.05) is 5.02 Å². The smallest absolute Gasteiger partial charge is 0.240 e. The second-order valence-corrected chi connectivity index (χ2v) is 12.3. The molecule has 1 aliphatic carbocycles. The molecule has 1 heterocycles. The zero-order chi connectivity index (χ0) is 29.0. The molecule has 0 spiro atoms. The summed E-state index contributed by atoms with van der Waals surface area (Å²) in [7, 11) is -4.26. The van der Waals surface area contributed by atoms with Crippen LogP contribution in [0.5, 0.6) is 5.75 Å². The number of piperidine rings is 1. The van der Waals surface area contributed by atoms with E-state index >= 15 is 0 Å². The highest BCUT2D eigenvalue weighted by Gasteiger charge is 2.40. The van der Waals surface area contributed by atoms with E-state index in [9.17, 15) is 28.8 Å². The van der Waals surface area contributed by atoms with Gasteiger partial charge in [0.15, 0.2) is 5.69 Å². The predicted molar refractivity (Wildman–Crippen MR) is 147 cm³/mol. The highest BCUT2D eigenvalue weighted by Crippen LogP contribution is 2.44. The average molecular weight is 596 g/mol. The van der Waals surface area contributed by atoms with Gasteiger partial charge < -0.3 is 30.3 Å². The number of hydrogen-bond donors (Lipinski definition) is 6. The van der Waals surface area contributed by atoms with Crippen molar-refractivity contribution < 1.29 is 38.7 Å². The number of sulfonamides is 1. The molecule has 1 saturated heterocycles. The van der Waals surface area contributed by atoms with E-state index in [2.05, 4.69) is 14.5 Å². The molecule has 2 aromatic rings. The summed E-state index contributed by atoms with van der Waals surface area (Å²) in [5.74, 6) is 0.406. The summed E-state index contributed by atoms with van der Waals surface area (Å²) in [6.45, 7) is 7.72. The fourth-order valence-corrected chi connectivity index (χ4v) is 6.82. The molecule has 218 valence electrons. The number of hydrogen-bond acceptors (Lipinski definition) is 9. The largest absolute Gasteiger partial charge is 0.484 e. The molecule has 40 heavy (non-hydrogen) atoms. The van der Waals surface area contributed by atoms with Crippen molar-refractivity contribution in [3.63, 3.8) is 0 Å². The fourth-order valence-electron chi connectivity index (χ4n) is 5.35. The van der Waals surface area contributed by atoms with Gasteiger partial charge in [0.05, 0.1) is 36.8 Å². The van der Waals surface area contributed by atoms with E-state index in [-0.39, 0.29) is 10.9 Å². The average Bonchev–Trinajstić information content (AvgIpc) is 3.32. The van der Waals surface area contributed by atoms with E-state index in [1.165, 1.54) is 30.7 Å². The lowest BCUT2D eigenvalue weighted by molar-refractivity contribution is -0.0891. The zero-order valence-corrected chi connectivity index (χ0v) is 23.3. The first kappa shape index (κ1) is 30.6.